The number of aliphatic carboxylic acids is 1. The summed E-state index contributed by atoms with van der Waals surface area (Å²) < 4.78 is 0. The average Bonchev–Trinajstić information content (AvgIpc) is 3.01. The van der Waals surface area contributed by atoms with Gasteiger partial charge >= 0.3 is 5.97 Å². The predicted molar refractivity (Wildman–Crippen MR) is 106 cm³/mol. The molecular weight excluding hydrogens is 356 g/mol. The molecule has 0 aliphatic heterocycles. The average molecular weight is 380 g/mol. The van der Waals surface area contributed by atoms with Crippen LogP contribution in [0, 0.1) is 12.3 Å². The van der Waals surface area contributed by atoms with E-state index in [4.69, 9.17) is 0 Å². The van der Waals surface area contributed by atoms with Crippen LogP contribution in [0.3, 0.4) is 0 Å². The Morgan fingerprint density at radius 2 is 1.68 bits per heavy atom. The number of hydrogen-bond acceptors (Lipinski definition) is 3. The first-order valence-corrected chi connectivity index (χ1v) is 9.14. The maximum Gasteiger partial charge on any atom is 0.310 e. The monoisotopic (exact) mass is 380 g/mol. The maximum atomic E-state index is 12.7. The van der Waals surface area contributed by atoms with Gasteiger partial charge < -0.3 is 15.3 Å². The number of carboxylic acid groups (broad SMARTS) is 1. The van der Waals surface area contributed by atoms with Gasteiger partial charge in [0.05, 0.1) is 5.41 Å². The number of rotatable bonds is 5. The van der Waals surface area contributed by atoms with Crippen molar-refractivity contribution in [2.24, 2.45) is 5.41 Å². The lowest BCUT2D eigenvalue weighted by Gasteiger charge is -2.23. The molecule has 0 spiro atoms. The molecule has 6 nitrogen and oxygen atoms in total. The highest BCUT2D eigenvalue weighted by molar-refractivity contribution is 5.99. The van der Waals surface area contributed by atoms with E-state index >= 15 is 0 Å². The molecule has 0 aromatic heterocycles. The lowest BCUT2D eigenvalue weighted by Crippen LogP contribution is -2.36. The zero-order chi connectivity index (χ0) is 20.5. The van der Waals surface area contributed by atoms with Crippen LogP contribution in [0.1, 0.15) is 33.5 Å². The summed E-state index contributed by atoms with van der Waals surface area (Å²) in [6.45, 7) is 1.83. The van der Waals surface area contributed by atoms with E-state index in [0.717, 1.165) is 16.7 Å². The van der Waals surface area contributed by atoms with Crippen molar-refractivity contribution in [3.05, 3.63) is 64.7 Å². The van der Waals surface area contributed by atoms with Gasteiger partial charge in [0, 0.05) is 31.8 Å². The Morgan fingerprint density at radius 1 is 1.07 bits per heavy atom. The number of anilines is 1. The van der Waals surface area contributed by atoms with Crippen LogP contribution in [0.15, 0.2) is 42.5 Å². The number of carbonyl (C=O) groups excluding carboxylic acids is 2. The first-order valence-electron chi connectivity index (χ1n) is 9.14. The van der Waals surface area contributed by atoms with E-state index in [1.165, 1.54) is 4.90 Å². The first kappa shape index (κ1) is 19.6. The Hall–Kier alpha value is -3.15. The van der Waals surface area contributed by atoms with Crippen molar-refractivity contribution in [3.8, 4) is 0 Å². The van der Waals surface area contributed by atoms with E-state index in [1.54, 1.807) is 32.3 Å². The minimum Gasteiger partial charge on any atom is -0.481 e. The van der Waals surface area contributed by atoms with Crippen LogP contribution in [-0.4, -0.2) is 41.9 Å². The summed E-state index contributed by atoms with van der Waals surface area (Å²) in [5.41, 5.74) is 2.62. The number of aryl methyl sites for hydroxylation is 1. The van der Waals surface area contributed by atoms with Crippen LogP contribution in [-0.2, 0) is 22.4 Å². The third kappa shape index (κ3) is 3.76. The number of nitrogens with zero attached hydrogens (tertiary/aromatic N) is 1. The van der Waals surface area contributed by atoms with Gasteiger partial charge in [-0.1, -0.05) is 30.3 Å². The van der Waals surface area contributed by atoms with Crippen molar-refractivity contribution in [2.45, 2.75) is 26.2 Å². The Kier molecular flexibility index (Phi) is 5.23. The van der Waals surface area contributed by atoms with Gasteiger partial charge in [-0.15, -0.1) is 0 Å². The molecule has 0 radical (unpaired) electrons. The van der Waals surface area contributed by atoms with E-state index in [2.05, 4.69) is 5.32 Å². The van der Waals surface area contributed by atoms with E-state index in [0.29, 0.717) is 24.1 Å². The van der Waals surface area contributed by atoms with E-state index in [-0.39, 0.29) is 18.2 Å². The van der Waals surface area contributed by atoms with Crippen molar-refractivity contribution in [1.82, 2.24) is 4.90 Å². The number of hydrogen-bond donors (Lipinski definition) is 2. The summed E-state index contributed by atoms with van der Waals surface area (Å²) in [7, 11) is 3.34. The van der Waals surface area contributed by atoms with E-state index in [9.17, 15) is 19.5 Å². The maximum absolute atomic E-state index is 12.7. The lowest BCUT2D eigenvalue weighted by atomic mass is 9.81. The molecule has 0 heterocycles. The molecule has 1 aliphatic rings. The van der Waals surface area contributed by atoms with Gasteiger partial charge in [-0.2, -0.15) is 0 Å². The molecule has 0 atom stereocenters. The summed E-state index contributed by atoms with van der Waals surface area (Å²) in [6, 6.07) is 12.7. The Labute approximate surface area is 164 Å². The number of amides is 2. The minimum absolute atomic E-state index is 0.123. The first-order chi connectivity index (χ1) is 13.2. The number of fused-ring (bicyclic) bond motifs is 1. The van der Waals surface area contributed by atoms with Gasteiger partial charge in [-0.25, -0.2) is 0 Å². The van der Waals surface area contributed by atoms with Gasteiger partial charge in [-0.05, 0) is 48.6 Å². The molecule has 6 heteroatoms. The highest BCUT2D eigenvalue weighted by atomic mass is 16.4. The van der Waals surface area contributed by atoms with Gasteiger partial charge in [0.25, 0.3) is 5.91 Å². The highest BCUT2D eigenvalue weighted by Gasteiger charge is 2.45. The van der Waals surface area contributed by atoms with Gasteiger partial charge in [-0.3, -0.25) is 14.4 Å². The second-order valence-electron chi connectivity index (χ2n) is 7.66. The molecule has 28 heavy (non-hydrogen) atoms. The van der Waals surface area contributed by atoms with Crippen LogP contribution < -0.4 is 5.32 Å². The third-order valence-electron chi connectivity index (χ3n) is 5.29. The summed E-state index contributed by atoms with van der Waals surface area (Å²) in [5.74, 6) is -1.49. The quantitative estimate of drug-likeness (QED) is 0.835. The fourth-order valence-corrected chi connectivity index (χ4v) is 3.73. The molecule has 0 saturated heterocycles. The topological polar surface area (TPSA) is 86.7 Å². The van der Waals surface area contributed by atoms with Gasteiger partial charge in [0.2, 0.25) is 5.91 Å². The molecule has 2 aromatic rings. The van der Waals surface area contributed by atoms with Crippen LogP contribution in [0.4, 0.5) is 5.69 Å². The molecular formula is C22H24N2O4. The number of carbonyl (C=O) groups is 3. The van der Waals surface area contributed by atoms with Crippen molar-refractivity contribution >= 4 is 23.5 Å². The van der Waals surface area contributed by atoms with E-state index < -0.39 is 11.4 Å². The Balaban J connectivity index is 1.78. The molecule has 2 amide bonds. The number of benzene rings is 2. The van der Waals surface area contributed by atoms with Crippen LogP contribution >= 0.6 is 0 Å². The summed E-state index contributed by atoms with van der Waals surface area (Å²) >= 11 is 0. The molecule has 3 rings (SSSR count). The standard InChI is InChI=1S/C22H24N2O4/c1-14-8-9-17(10-18(14)20(26)24(2)3)23-19(25)13-22(21(27)28)11-15-6-4-5-7-16(15)12-22/h4-10H,11-13H2,1-3H3,(H,23,25)(H,27,28). The lowest BCUT2D eigenvalue weighted by molar-refractivity contribution is -0.150. The van der Waals surface area contributed by atoms with Crippen molar-refractivity contribution < 1.29 is 19.5 Å². The molecule has 1 aliphatic carbocycles. The second-order valence-corrected chi connectivity index (χ2v) is 7.66. The zero-order valence-corrected chi connectivity index (χ0v) is 16.3. The van der Waals surface area contributed by atoms with Gasteiger partial charge in [0.15, 0.2) is 0 Å². The summed E-state index contributed by atoms with van der Waals surface area (Å²) in [6.07, 6.45) is 0.552. The van der Waals surface area contributed by atoms with Crippen molar-refractivity contribution in [3.63, 3.8) is 0 Å². The fourth-order valence-electron chi connectivity index (χ4n) is 3.73. The number of carboxylic acids is 1. The molecule has 0 fully saturated rings. The summed E-state index contributed by atoms with van der Waals surface area (Å²) in [5, 5.41) is 12.6. The Morgan fingerprint density at radius 3 is 2.21 bits per heavy atom. The van der Waals surface area contributed by atoms with Crippen molar-refractivity contribution in [1.29, 1.82) is 0 Å². The molecule has 2 aromatic carbocycles. The highest BCUT2D eigenvalue weighted by Crippen LogP contribution is 2.40. The molecule has 0 saturated carbocycles. The van der Waals surface area contributed by atoms with Crippen LogP contribution in [0.2, 0.25) is 0 Å². The Bertz CT molecular complexity index is 924. The molecule has 0 unspecified atom stereocenters. The van der Waals surface area contributed by atoms with E-state index in [1.807, 2.05) is 31.2 Å². The third-order valence-corrected chi connectivity index (χ3v) is 5.29. The second kappa shape index (κ2) is 7.46. The molecule has 0 bridgehead atoms. The molecule has 2 N–H and O–H groups in total. The van der Waals surface area contributed by atoms with Crippen LogP contribution in [0.25, 0.3) is 0 Å². The fraction of sp³-hybridized carbons (Fsp3) is 0.318. The van der Waals surface area contributed by atoms with Crippen molar-refractivity contribution in [2.75, 3.05) is 19.4 Å². The minimum atomic E-state index is -1.14. The van der Waals surface area contributed by atoms with Crippen LogP contribution in [0.5, 0.6) is 0 Å². The predicted octanol–water partition coefficient (Wildman–Crippen LogP) is 2.90. The SMILES string of the molecule is Cc1ccc(NC(=O)CC2(C(=O)O)Cc3ccccc3C2)cc1C(=O)N(C)C. The largest absolute Gasteiger partial charge is 0.481 e. The summed E-state index contributed by atoms with van der Waals surface area (Å²) in [4.78, 5) is 38.4. The number of nitrogens with one attached hydrogen (secondary N) is 1. The smallest absolute Gasteiger partial charge is 0.310 e. The normalized spacial score (nSPS) is 14.2. The van der Waals surface area contributed by atoms with Gasteiger partial charge in [0.1, 0.15) is 0 Å². The molecule has 146 valence electrons. The zero-order valence-electron chi connectivity index (χ0n) is 16.3.